The Morgan fingerprint density at radius 3 is 2.40 bits per heavy atom. The topological polar surface area (TPSA) is 59.1 Å². The lowest BCUT2D eigenvalue weighted by molar-refractivity contribution is -0.159. The zero-order valence-corrected chi connectivity index (χ0v) is 21.2. The van der Waals surface area contributed by atoms with Gasteiger partial charge in [0.05, 0.1) is 13.7 Å². The summed E-state index contributed by atoms with van der Waals surface area (Å²) in [5, 5.41) is 0. The molecule has 0 radical (unpaired) electrons. The van der Waals surface area contributed by atoms with Crippen molar-refractivity contribution in [1.82, 2.24) is 9.80 Å². The Bertz CT molecular complexity index is 1000. The van der Waals surface area contributed by atoms with Crippen LogP contribution in [0.25, 0.3) is 0 Å². The molecule has 1 heterocycles. The number of amides is 2. The molecule has 1 atom stereocenters. The molecule has 1 saturated heterocycles. The highest BCUT2D eigenvalue weighted by molar-refractivity contribution is 5.96. The molecule has 1 aliphatic heterocycles. The lowest BCUT2D eigenvalue weighted by atomic mass is 9.85. The first-order chi connectivity index (χ1) is 17.0. The van der Waals surface area contributed by atoms with Gasteiger partial charge in [0.25, 0.3) is 5.91 Å². The fourth-order valence-electron chi connectivity index (χ4n) is 5.27. The van der Waals surface area contributed by atoms with E-state index >= 15 is 0 Å². The molecule has 2 aromatic rings. The van der Waals surface area contributed by atoms with Crippen LogP contribution < -0.4 is 9.47 Å². The fraction of sp³-hybridized carbons (Fsp3) is 0.517. The van der Waals surface area contributed by atoms with Gasteiger partial charge in [-0.2, -0.15) is 0 Å². The zero-order valence-electron chi connectivity index (χ0n) is 21.2. The minimum Gasteiger partial charge on any atom is -0.493 e. The number of carbonyl (C=O) groups excluding carboxylic acids is 2. The molecule has 1 aliphatic carbocycles. The number of hydrogen-bond acceptors (Lipinski definition) is 4. The van der Waals surface area contributed by atoms with Gasteiger partial charge in [-0.25, -0.2) is 0 Å². The molecule has 2 fully saturated rings. The quantitative estimate of drug-likeness (QED) is 0.508. The van der Waals surface area contributed by atoms with Crippen LogP contribution in [0.15, 0.2) is 48.5 Å². The molecule has 0 bridgehead atoms. The lowest BCUT2D eigenvalue weighted by Crippen LogP contribution is -2.59. The van der Waals surface area contributed by atoms with E-state index in [1.807, 2.05) is 41.3 Å². The van der Waals surface area contributed by atoms with Crippen molar-refractivity contribution >= 4 is 11.8 Å². The Hall–Kier alpha value is -3.02. The highest BCUT2D eigenvalue weighted by Gasteiger charge is 2.43. The number of rotatable bonds is 9. The third-order valence-electron chi connectivity index (χ3n) is 7.33. The summed E-state index contributed by atoms with van der Waals surface area (Å²) in [6, 6.07) is 15.2. The molecule has 188 valence electrons. The van der Waals surface area contributed by atoms with Crippen molar-refractivity contribution in [3.05, 3.63) is 59.7 Å². The fourth-order valence-corrected chi connectivity index (χ4v) is 5.27. The van der Waals surface area contributed by atoms with Gasteiger partial charge in [0.2, 0.25) is 5.91 Å². The van der Waals surface area contributed by atoms with Crippen molar-refractivity contribution in [2.75, 3.05) is 26.8 Å². The maximum atomic E-state index is 14.0. The first-order valence-corrected chi connectivity index (χ1v) is 13.0. The third kappa shape index (κ3) is 5.80. The smallest absolute Gasteiger partial charge is 0.250 e. The van der Waals surface area contributed by atoms with E-state index in [2.05, 4.69) is 26.0 Å². The second-order valence-corrected chi connectivity index (χ2v) is 9.86. The number of benzene rings is 2. The summed E-state index contributed by atoms with van der Waals surface area (Å²) in [5.41, 5.74) is 1.92. The molecule has 0 spiro atoms. The summed E-state index contributed by atoms with van der Waals surface area (Å²) in [5.74, 6) is 1.94. The third-order valence-corrected chi connectivity index (χ3v) is 7.33. The van der Waals surface area contributed by atoms with Crippen molar-refractivity contribution in [3.8, 4) is 11.5 Å². The highest BCUT2D eigenvalue weighted by atomic mass is 16.5. The molecule has 2 amide bonds. The molecule has 0 N–H and O–H groups in total. The van der Waals surface area contributed by atoms with Gasteiger partial charge in [0.1, 0.15) is 12.6 Å². The SMILES string of the molecule is CCCOc1ccc([C@@H]2C(=O)N(C3CCC(C)CC3)CC(=O)N2CCc2ccccc2)cc1OC. The van der Waals surface area contributed by atoms with Crippen LogP contribution in [0.1, 0.15) is 63.1 Å². The van der Waals surface area contributed by atoms with Crippen LogP contribution in [-0.4, -0.2) is 54.5 Å². The molecule has 4 rings (SSSR count). The number of methoxy groups -OCH3 is 1. The molecular weight excluding hydrogens is 440 g/mol. The van der Waals surface area contributed by atoms with Gasteiger partial charge in [-0.15, -0.1) is 0 Å². The number of carbonyl (C=O) groups is 2. The summed E-state index contributed by atoms with van der Waals surface area (Å²) in [6.07, 6.45) is 5.72. The van der Waals surface area contributed by atoms with Crippen LogP contribution in [-0.2, 0) is 16.0 Å². The van der Waals surface area contributed by atoms with Crippen LogP contribution in [0.5, 0.6) is 11.5 Å². The van der Waals surface area contributed by atoms with Crippen molar-refractivity contribution in [3.63, 3.8) is 0 Å². The number of hydrogen-bond donors (Lipinski definition) is 0. The first kappa shape index (κ1) is 25.1. The van der Waals surface area contributed by atoms with Gasteiger partial charge in [0, 0.05) is 12.6 Å². The number of ether oxygens (including phenoxy) is 2. The minimum atomic E-state index is -0.659. The minimum absolute atomic E-state index is 0.00873. The van der Waals surface area contributed by atoms with Crippen molar-refractivity contribution < 1.29 is 19.1 Å². The Morgan fingerprint density at radius 1 is 0.971 bits per heavy atom. The van der Waals surface area contributed by atoms with Crippen LogP contribution in [0, 0.1) is 5.92 Å². The second kappa shape index (κ2) is 11.6. The highest BCUT2D eigenvalue weighted by Crippen LogP contribution is 2.37. The molecule has 2 aliphatic rings. The summed E-state index contributed by atoms with van der Waals surface area (Å²) in [6.45, 7) is 5.57. The molecule has 0 aromatic heterocycles. The summed E-state index contributed by atoms with van der Waals surface area (Å²) >= 11 is 0. The van der Waals surface area contributed by atoms with E-state index in [0.717, 1.165) is 43.2 Å². The largest absolute Gasteiger partial charge is 0.493 e. The zero-order chi connectivity index (χ0) is 24.8. The monoisotopic (exact) mass is 478 g/mol. The van der Waals surface area contributed by atoms with Crippen molar-refractivity contribution in [1.29, 1.82) is 0 Å². The molecule has 0 unspecified atom stereocenters. The molecular formula is C29H38N2O4. The first-order valence-electron chi connectivity index (χ1n) is 13.0. The maximum Gasteiger partial charge on any atom is 0.250 e. The van der Waals surface area contributed by atoms with E-state index in [0.29, 0.717) is 37.0 Å². The standard InChI is InChI=1S/C29H38N2O4/c1-4-18-35-25-15-12-23(19-26(25)34-3)28-29(33)31(24-13-10-21(2)11-14-24)20-27(32)30(28)17-16-22-8-6-5-7-9-22/h5-9,12,15,19,21,24,28H,4,10-11,13-14,16-18,20H2,1-3H3/t21?,24?,28-/m1/s1. The molecule has 6 heteroatoms. The van der Waals surface area contributed by atoms with E-state index in [4.69, 9.17) is 9.47 Å². The predicted octanol–water partition coefficient (Wildman–Crippen LogP) is 5.02. The Morgan fingerprint density at radius 2 is 1.71 bits per heavy atom. The summed E-state index contributed by atoms with van der Waals surface area (Å²) < 4.78 is 11.4. The van der Waals surface area contributed by atoms with Gasteiger partial charge in [-0.05, 0) is 67.7 Å². The second-order valence-electron chi connectivity index (χ2n) is 9.86. The predicted molar refractivity (Wildman–Crippen MR) is 137 cm³/mol. The van der Waals surface area contributed by atoms with Crippen molar-refractivity contribution in [2.24, 2.45) is 5.92 Å². The van der Waals surface area contributed by atoms with Gasteiger partial charge < -0.3 is 19.3 Å². The summed E-state index contributed by atoms with van der Waals surface area (Å²) in [7, 11) is 1.61. The molecule has 2 aromatic carbocycles. The van der Waals surface area contributed by atoms with Crippen LogP contribution in [0.4, 0.5) is 0 Å². The average molecular weight is 479 g/mol. The lowest BCUT2D eigenvalue weighted by Gasteiger charge is -2.45. The maximum absolute atomic E-state index is 14.0. The van der Waals surface area contributed by atoms with E-state index in [1.165, 1.54) is 0 Å². The Labute approximate surface area is 209 Å². The molecule has 35 heavy (non-hydrogen) atoms. The normalized spacial score (nSPS) is 22.9. The van der Waals surface area contributed by atoms with Crippen molar-refractivity contribution in [2.45, 2.75) is 64.5 Å². The summed E-state index contributed by atoms with van der Waals surface area (Å²) in [4.78, 5) is 31.1. The average Bonchev–Trinajstić information content (AvgIpc) is 2.88. The molecule has 1 saturated carbocycles. The van der Waals surface area contributed by atoms with E-state index in [9.17, 15) is 9.59 Å². The van der Waals surface area contributed by atoms with Gasteiger partial charge in [-0.1, -0.05) is 50.2 Å². The number of nitrogens with zero attached hydrogens (tertiary/aromatic N) is 2. The van der Waals surface area contributed by atoms with Gasteiger partial charge in [0.15, 0.2) is 11.5 Å². The van der Waals surface area contributed by atoms with Gasteiger partial charge in [-0.3, -0.25) is 9.59 Å². The molecule has 6 nitrogen and oxygen atoms in total. The van der Waals surface area contributed by atoms with E-state index in [1.54, 1.807) is 12.0 Å². The number of piperazine rings is 1. The Balaban J connectivity index is 1.64. The Kier molecular flexibility index (Phi) is 8.32. The van der Waals surface area contributed by atoms with Crippen LogP contribution in [0.3, 0.4) is 0 Å². The van der Waals surface area contributed by atoms with E-state index < -0.39 is 6.04 Å². The van der Waals surface area contributed by atoms with Crippen LogP contribution in [0.2, 0.25) is 0 Å². The van der Waals surface area contributed by atoms with Gasteiger partial charge >= 0.3 is 0 Å². The van der Waals surface area contributed by atoms with Crippen LogP contribution >= 0.6 is 0 Å². The van der Waals surface area contributed by atoms with E-state index in [-0.39, 0.29) is 24.4 Å².